The van der Waals surface area contributed by atoms with Gasteiger partial charge < -0.3 is 10.1 Å². The molecule has 0 aliphatic carbocycles. The Bertz CT molecular complexity index is 388. The van der Waals surface area contributed by atoms with Crippen molar-refractivity contribution in [1.29, 1.82) is 0 Å². The molecule has 1 rings (SSSR count). The van der Waals surface area contributed by atoms with E-state index in [2.05, 4.69) is 15.3 Å². The molecular formula is C11H14N4O2. The number of rotatable bonds is 7. The molecule has 0 aliphatic heterocycles. The van der Waals surface area contributed by atoms with Gasteiger partial charge in [-0.2, -0.15) is 0 Å². The van der Waals surface area contributed by atoms with Gasteiger partial charge in [0, 0.05) is 23.6 Å². The predicted molar refractivity (Wildman–Crippen MR) is 63.6 cm³/mol. The van der Waals surface area contributed by atoms with E-state index in [4.69, 9.17) is 10.3 Å². The highest BCUT2D eigenvalue weighted by atomic mass is 16.5. The van der Waals surface area contributed by atoms with Crippen molar-refractivity contribution in [2.24, 2.45) is 5.11 Å². The van der Waals surface area contributed by atoms with Crippen molar-refractivity contribution in [1.82, 2.24) is 5.32 Å². The Hall–Kier alpha value is -2.04. The van der Waals surface area contributed by atoms with E-state index >= 15 is 0 Å². The van der Waals surface area contributed by atoms with Crippen molar-refractivity contribution in [2.75, 3.05) is 26.3 Å². The fourth-order valence-corrected chi connectivity index (χ4v) is 1.18. The Labute approximate surface area is 99.2 Å². The first-order valence-corrected chi connectivity index (χ1v) is 5.26. The van der Waals surface area contributed by atoms with Gasteiger partial charge in [-0.3, -0.25) is 4.79 Å². The van der Waals surface area contributed by atoms with Gasteiger partial charge in [0.05, 0.1) is 13.2 Å². The van der Waals surface area contributed by atoms with Crippen molar-refractivity contribution >= 4 is 5.91 Å². The smallest absolute Gasteiger partial charge is 0.251 e. The molecule has 17 heavy (non-hydrogen) atoms. The highest BCUT2D eigenvalue weighted by Gasteiger charge is 2.02. The summed E-state index contributed by atoms with van der Waals surface area (Å²) in [5.74, 6) is -0.121. The van der Waals surface area contributed by atoms with E-state index in [1.165, 1.54) is 0 Å². The number of ether oxygens (including phenoxy) is 1. The maximum atomic E-state index is 11.5. The van der Waals surface area contributed by atoms with Crippen LogP contribution in [0.4, 0.5) is 0 Å². The summed E-state index contributed by atoms with van der Waals surface area (Å²) < 4.78 is 5.14. The van der Waals surface area contributed by atoms with Crippen molar-refractivity contribution in [2.45, 2.75) is 0 Å². The van der Waals surface area contributed by atoms with E-state index in [9.17, 15) is 4.79 Å². The molecule has 0 radical (unpaired) electrons. The summed E-state index contributed by atoms with van der Waals surface area (Å²) in [6.45, 7) is 1.51. The van der Waals surface area contributed by atoms with E-state index in [1.54, 1.807) is 12.1 Å². The molecule has 0 saturated carbocycles. The number of amides is 1. The minimum absolute atomic E-state index is 0.121. The Kier molecular flexibility index (Phi) is 6.25. The molecule has 1 amide bonds. The lowest BCUT2D eigenvalue weighted by Crippen LogP contribution is -2.27. The summed E-state index contributed by atoms with van der Waals surface area (Å²) >= 11 is 0. The number of carbonyl (C=O) groups is 1. The molecule has 0 bridgehead atoms. The fraction of sp³-hybridized carbons (Fsp3) is 0.364. The van der Waals surface area contributed by atoms with Crippen LogP contribution in [0.15, 0.2) is 35.4 Å². The molecule has 0 spiro atoms. The van der Waals surface area contributed by atoms with Crippen LogP contribution in [0.5, 0.6) is 0 Å². The van der Waals surface area contributed by atoms with Crippen LogP contribution in [-0.2, 0) is 4.74 Å². The Morgan fingerprint density at radius 3 is 2.82 bits per heavy atom. The standard InChI is InChI=1S/C11H14N4O2/c12-15-14-7-9-17-8-6-13-11(16)10-4-2-1-3-5-10/h1-5H,6-9H2,(H,13,16). The highest BCUT2D eigenvalue weighted by Crippen LogP contribution is 1.97. The largest absolute Gasteiger partial charge is 0.379 e. The summed E-state index contributed by atoms with van der Waals surface area (Å²) in [5.41, 5.74) is 8.64. The summed E-state index contributed by atoms with van der Waals surface area (Å²) in [4.78, 5) is 14.1. The Morgan fingerprint density at radius 1 is 1.35 bits per heavy atom. The summed E-state index contributed by atoms with van der Waals surface area (Å²) in [5, 5.41) is 6.04. The maximum absolute atomic E-state index is 11.5. The van der Waals surface area contributed by atoms with Crippen LogP contribution in [-0.4, -0.2) is 32.2 Å². The van der Waals surface area contributed by atoms with Gasteiger partial charge in [0.2, 0.25) is 0 Å². The van der Waals surface area contributed by atoms with Gasteiger partial charge >= 0.3 is 0 Å². The van der Waals surface area contributed by atoms with Gasteiger partial charge in [-0.25, -0.2) is 0 Å². The second-order valence-electron chi connectivity index (χ2n) is 3.19. The average Bonchev–Trinajstić information content (AvgIpc) is 2.38. The predicted octanol–water partition coefficient (Wildman–Crippen LogP) is 1.74. The van der Waals surface area contributed by atoms with E-state index in [1.807, 2.05) is 18.2 Å². The summed E-state index contributed by atoms with van der Waals surface area (Å²) in [6.07, 6.45) is 0. The number of azide groups is 1. The van der Waals surface area contributed by atoms with Gasteiger partial charge in [-0.1, -0.05) is 23.3 Å². The van der Waals surface area contributed by atoms with Crippen molar-refractivity contribution in [3.8, 4) is 0 Å². The zero-order valence-corrected chi connectivity index (χ0v) is 9.37. The SMILES string of the molecule is [N-]=[N+]=NCCOCCNC(=O)c1ccccc1. The van der Waals surface area contributed by atoms with Crippen LogP contribution in [0.25, 0.3) is 10.4 Å². The average molecular weight is 234 g/mol. The molecule has 6 heteroatoms. The number of hydrogen-bond acceptors (Lipinski definition) is 3. The lowest BCUT2D eigenvalue weighted by molar-refractivity contribution is 0.0920. The number of nitrogens with zero attached hydrogens (tertiary/aromatic N) is 3. The minimum Gasteiger partial charge on any atom is -0.379 e. The van der Waals surface area contributed by atoms with Crippen LogP contribution in [0.3, 0.4) is 0 Å². The van der Waals surface area contributed by atoms with Gasteiger partial charge in [0.25, 0.3) is 5.91 Å². The summed E-state index contributed by atoms with van der Waals surface area (Å²) in [6, 6.07) is 8.97. The van der Waals surface area contributed by atoms with Gasteiger partial charge in [-0.15, -0.1) is 0 Å². The molecule has 0 fully saturated rings. The zero-order valence-electron chi connectivity index (χ0n) is 9.37. The quantitative estimate of drug-likeness (QED) is 0.337. The second-order valence-corrected chi connectivity index (χ2v) is 3.19. The van der Waals surface area contributed by atoms with Crippen molar-refractivity contribution in [3.05, 3.63) is 46.3 Å². The molecular weight excluding hydrogens is 220 g/mol. The highest BCUT2D eigenvalue weighted by molar-refractivity contribution is 5.94. The lowest BCUT2D eigenvalue weighted by atomic mass is 10.2. The number of carbonyl (C=O) groups excluding carboxylic acids is 1. The normalized spacial score (nSPS) is 9.41. The minimum atomic E-state index is -0.121. The third-order valence-corrected chi connectivity index (χ3v) is 1.97. The van der Waals surface area contributed by atoms with Crippen molar-refractivity contribution < 1.29 is 9.53 Å². The maximum Gasteiger partial charge on any atom is 0.251 e. The second kappa shape index (κ2) is 8.15. The van der Waals surface area contributed by atoms with Gasteiger partial charge in [0.15, 0.2) is 0 Å². The molecule has 90 valence electrons. The molecule has 6 nitrogen and oxygen atoms in total. The molecule has 0 atom stereocenters. The Balaban J connectivity index is 2.11. The third kappa shape index (κ3) is 5.55. The number of nitrogens with one attached hydrogen (secondary N) is 1. The first-order chi connectivity index (χ1) is 8.34. The fourth-order valence-electron chi connectivity index (χ4n) is 1.18. The van der Waals surface area contributed by atoms with E-state index in [0.29, 0.717) is 31.9 Å². The van der Waals surface area contributed by atoms with Gasteiger partial charge in [0.1, 0.15) is 0 Å². The number of benzene rings is 1. The molecule has 1 aromatic rings. The lowest BCUT2D eigenvalue weighted by Gasteiger charge is -2.05. The molecule has 1 aromatic carbocycles. The molecule has 0 aliphatic rings. The first-order valence-electron chi connectivity index (χ1n) is 5.26. The first kappa shape index (κ1) is 13.0. The molecule has 0 saturated heterocycles. The van der Waals surface area contributed by atoms with E-state index in [-0.39, 0.29) is 5.91 Å². The summed E-state index contributed by atoms with van der Waals surface area (Å²) in [7, 11) is 0. The molecule has 0 aromatic heterocycles. The van der Waals surface area contributed by atoms with E-state index in [0.717, 1.165) is 0 Å². The zero-order chi connectivity index (χ0) is 12.3. The Morgan fingerprint density at radius 2 is 2.12 bits per heavy atom. The molecule has 0 unspecified atom stereocenters. The number of hydrogen-bond donors (Lipinski definition) is 1. The van der Waals surface area contributed by atoms with Crippen LogP contribution < -0.4 is 5.32 Å². The third-order valence-electron chi connectivity index (χ3n) is 1.97. The van der Waals surface area contributed by atoms with Crippen LogP contribution >= 0.6 is 0 Å². The molecule has 0 heterocycles. The topological polar surface area (TPSA) is 87.1 Å². The van der Waals surface area contributed by atoms with Gasteiger partial charge in [-0.05, 0) is 17.7 Å². The monoisotopic (exact) mass is 234 g/mol. The van der Waals surface area contributed by atoms with Crippen molar-refractivity contribution in [3.63, 3.8) is 0 Å². The van der Waals surface area contributed by atoms with Crippen LogP contribution in [0.2, 0.25) is 0 Å². The van der Waals surface area contributed by atoms with E-state index < -0.39 is 0 Å². The van der Waals surface area contributed by atoms with Crippen LogP contribution in [0, 0.1) is 0 Å². The van der Waals surface area contributed by atoms with Crippen LogP contribution in [0.1, 0.15) is 10.4 Å². The molecule has 1 N–H and O–H groups in total.